The highest BCUT2D eigenvalue weighted by Crippen LogP contribution is 2.31. The fourth-order valence-corrected chi connectivity index (χ4v) is 4.24. The lowest BCUT2D eigenvalue weighted by molar-refractivity contribution is -0.124. The standard InChI is InChI=1S/C32H26N4O4/c1-2-27(31(38)34-24-16-13-22(14-17-24)30(33)37)40-32(39)23-15-18-25-26(19-23)36-29(21-11-7-4-8-12-21)28(35-25)20-9-5-3-6-10-20/h3-19,27H,2H2,1H3,(H2,33,37)(H,34,38). The smallest absolute Gasteiger partial charge is 0.338 e. The maximum Gasteiger partial charge on any atom is 0.338 e. The van der Waals surface area contributed by atoms with Crippen LogP contribution in [-0.4, -0.2) is 33.9 Å². The van der Waals surface area contributed by atoms with E-state index in [1.807, 2.05) is 60.7 Å². The van der Waals surface area contributed by atoms with Crippen LogP contribution in [0.5, 0.6) is 0 Å². The predicted octanol–water partition coefficient (Wildman–Crippen LogP) is 5.64. The molecule has 0 radical (unpaired) electrons. The number of primary amides is 1. The van der Waals surface area contributed by atoms with Gasteiger partial charge in [0.1, 0.15) is 0 Å². The molecule has 198 valence electrons. The summed E-state index contributed by atoms with van der Waals surface area (Å²) in [5.41, 5.74) is 10.7. The monoisotopic (exact) mass is 530 g/mol. The molecule has 5 rings (SSSR count). The van der Waals surface area contributed by atoms with Crippen LogP contribution in [0.15, 0.2) is 103 Å². The molecule has 8 heteroatoms. The summed E-state index contributed by atoms with van der Waals surface area (Å²) in [6.07, 6.45) is -0.756. The van der Waals surface area contributed by atoms with E-state index in [2.05, 4.69) is 5.32 Å². The molecule has 3 N–H and O–H groups in total. The third kappa shape index (κ3) is 5.71. The van der Waals surface area contributed by atoms with E-state index in [1.54, 1.807) is 37.3 Å². The first-order valence-electron chi connectivity index (χ1n) is 12.8. The molecule has 1 heterocycles. The summed E-state index contributed by atoms with van der Waals surface area (Å²) in [6.45, 7) is 1.75. The van der Waals surface area contributed by atoms with E-state index in [4.69, 9.17) is 20.4 Å². The topological polar surface area (TPSA) is 124 Å². The largest absolute Gasteiger partial charge is 0.449 e. The summed E-state index contributed by atoms with van der Waals surface area (Å²) in [5.74, 6) is -1.70. The number of ether oxygens (including phenoxy) is 1. The zero-order chi connectivity index (χ0) is 28.1. The van der Waals surface area contributed by atoms with Crippen molar-refractivity contribution in [2.45, 2.75) is 19.4 Å². The Morgan fingerprint density at radius 3 is 1.85 bits per heavy atom. The van der Waals surface area contributed by atoms with Gasteiger partial charge in [-0.25, -0.2) is 14.8 Å². The molecule has 5 aromatic rings. The van der Waals surface area contributed by atoms with Crippen molar-refractivity contribution in [3.8, 4) is 22.5 Å². The van der Waals surface area contributed by atoms with E-state index < -0.39 is 23.9 Å². The minimum Gasteiger partial charge on any atom is -0.449 e. The van der Waals surface area contributed by atoms with E-state index in [0.717, 1.165) is 16.8 Å². The highest BCUT2D eigenvalue weighted by molar-refractivity contribution is 5.99. The predicted molar refractivity (Wildman–Crippen MR) is 153 cm³/mol. The number of rotatable bonds is 8. The molecule has 0 aliphatic heterocycles. The highest BCUT2D eigenvalue weighted by Gasteiger charge is 2.23. The zero-order valence-corrected chi connectivity index (χ0v) is 21.7. The van der Waals surface area contributed by atoms with Crippen molar-refractivity contribution < 1.29 is 19.1 Å². The van der Waals surface area contributed by atoms with Crippen LogP contribution in [-0.2, 0) is 9.53 Å². The lowest BCUT2D eigenvalue weighted by Gasteiger charge is -2.16. The molecule has 0 aliphatic rings. The van der Waals surface area contributed by atoms with Crippen molar-refractivity contribution in [1.82, 2.24) is 9.97 Å². The third-order valence-electron chi connectivity index (χ3n) is 6.34. The lowest BCUT2D eigenvalue weighted by atomic mass is 10.0. The summed E-state index contributed by atoms with van der Waals surface area (Å²) in [5, 5.41) is 2.70. The number of aromatic nitrogens is 2. The number of esters is 1. The van der Waals surface area contributed by atoms with Crippen LogP contribution in [0, 0.1) is 0 Å². The second-order valence-electron chi connectivity index (χ2n) is 9.09. The first-order chi connectivity index (χ1) is 19.4. The third-order valence-corrected chi connectivity index (χ3v) is 6.34. The van der Waals surface area contributed by atoms with Crippen LogP contribution in [0.3, 0.4) is 0 Å². The highest BCUT2D eigenvalue weighted by atomic mass is 16.5. The second kappa shape index (κ2) is 11.6. The van der Waals surface area contributed by atoms with Gasteiger partial charge in [0.25, 0.3) is 5.91 Å². The van der Waals surface area contributed by atoms with Gasteiger partial charge in [-0.05, 0) is 48.9 Å². The van der Waals surface area contributed by atoms with Crippen molar-refractivity contribution in [1.29, 1.82) is 0 Å². The molecule has 0 aliphatic carbocycles. The number of carbonyl (C=O) groups is 3. The number of nitrogens with one attached hydrogen (secondary N) is 1. The zero-order valence-electron chi connectivity index (χ0n) is 21.7. The van der Waals surface area contributed by atoms with Crippen LogP contribution >= 0.6 is 0 Å². The van der Waals surface area contributed by atoms with E-state index in [1.165, 1.54) is 12.1 Å². The van der Waals surface area contributed by atoms with Crippen molar-refractivity contribution in [2.75, 3.05) is 5.32 Å². The summed E-state index contributed by atoms with van der Waals surface area (Å²) in [4.78, 5) is 46.9. The Morgan fingerprint density at radius 2 is 1.30 bits per heavy atom. The van der Waals surface area contributed by atoms with Gasteiger partial charge in [-0.15, -0.1) is 0 Å². The van der Waals surface area contributed by atoms with Crippen molar-refractivity contribution >= 4 is 34.5 Å². The summed E-state index contributed by atoms with van der Waals surface area (Å²) in [7, 11) is 0. The Morgan fingerprint density at radius 1 is 0.750 bits per heavy atom. The molecular formula is C32H26N4O4. The summed E-state index contributed by atoms with van der Waals surface area (Å²) in [6, 6.07) is 30.6. The molecule has 0 saturated carbocycles. The fourth-order valence-electron chi connectivity index (χ4n) is 4.24. The first kappa shape index (κ1) is 26.2. The molecule has 1 aromatic heterocycles. The van der Waals surface area contributed by atoms with Crippen molar-refractivity contribution in [3.05, 3.63) is 114 Å². The molecule has 8 nitrogen and oxygen atoms in total. The number of benzene rings is 4. The van der Waals surface area contributed by atoms with Crippen LogP contribution in [0.4, 0.5) is 5.69 Å². The molecule has 0 fully saturated rings. The number of hydrogen-bond donors (Lipinski definition) is 2. The second-order valence-corrected chi connectivity index (χ2v) is 9.09. The van der Waals surface area contributed by atoms with Gasteiger partial charge in [0.15, 0.2) is 6.10 Å². The van der Waals surface area contributed by atoms with Gasteiger partial charge in [0.05, 0.1) is 28.0 Å². The Balaban J connectivity index is 1.40. The van der Waals surface area contributed by atoms with Crippen LogP contribution < -0.4 is 11.1 Å². The number of carbonyl (C=O) groups excluding carboxylic acids is 3. The van der Waals surface area contributed by atoms with Crippen LogP contribution in [0.1, 0.15) is 34.1 Å². The number of nitrogens with two attached hydrogens (primary N) is 1. The molecule has 2 amide bonds. The van der Waals surface area contributed by atoms with E-state index in [-0.39, 0.29) is 12.0 Å². The Hall–Kier alpha value is -5.37. The summed E-state index contributed by atoms with van der Waals surface area (Å²) < 4.78 is 5.57. The number of nitrogens with zero attached hydrogens (tertiary/aromatic N) is 2. The lowest BCUT2D eigenvalue weighted by Crippen LogP contribution is -2.32. The Bertz CT molecular complexity index is 1690. The number of amides is 2. The van der Waals surface area contributed by atoms with Gasteiger partial charge < -0.3 is 15.8 Å². The van der Waals surface area contributed by atoms with E-state index in [0.29, 0.717) is 28.0 Å². The van der Waals surface area contributed by atoms with E-state index >= 15 is 0 Å². The maximum absolute atomic E-state index is 13.1. The molecule has 1 atom stereocenters. The normalized spacial score (nSPS) is 11.5. The summed E-state index contributed by atoms with van der Waals surface area (Å²) >= 11 is 0. The van der Waals surface area contributed by atoms with Crippen LogP contribution in [0.2, 0.25) is 0 Å². The van der Waals surface area contributed by atoms with Gasteiger partial charge in [-0.1, -0.05) is 67.6 Å². The molecule has 40 heavy (non-hydrogen) atoms. The van der Waals surface area contributed by atoms with Gasteiger partial charge >= 0.3 is 5.97 Å². The van der Waals surface area contributed by atoms with Crippen molar-refractivity contribution in [2.24, 2.45) is 5.73 Å². The quantitative estimate of drug-likeness (QED) is 0.250. The maximum atomic E-state index is 13.1. The molecule has 1 unspecified atom stereocenters. The van der Waals surface area contributed by atoms with Gasteiger partial charge in [-0.3, -0.25) is 9.59 Å². The van der Waals surface area contributed by atoms with Gasteiger partial charge in [-0.2, -0.15) is 0 Å². The molecule has 0 saturated heterocycles. The Labute approximate surface area is 230 Å². The fraction of sp³-hybridized carbons (Fsp3) is 0.0938. The Kier molecular flexibility index (Phi) is 7.59. The van der Waals surface area contributed by atoms with Gasteiger partial charge in [0, 0.05) is 22.4 Å². The van der Waals surface area contributed by atoms with Crippen LogP contribution in [0.25, 0.3) is 33.5 Å². The van der Waals surface area contributed by atoms with Crippen molar-refractivity contribution in [3.63, 3.8) is 0 Å². The molecule has 0 bridgehead atoms. The number of fused-ring (bicyclic) bond motifs is 1. The molecule has 0 spiro atoms. The minimum absolute atomic E-state index is 0.255. The first-order valence-corrected chi connectivity index (χ1v) is 12.8. The van der Waals surface area contributed by atoms with Gasteiger partial charge in [0.2, 0.25) is 5.91 Å². The molecule has 4 aromatic carbocycles. The number of anilines is 1. The molecular weight excluding hydrogens is 504 g/mol. The average molecular weight is 531 g/mol. The minimum atomic E-state index is -1.02. The average Bonchev–Trinajstić information content (AvgIpc) is 2.99. The number of hydrogen-bond acceptors (Lipinski definition) is 6. The van der Waals surface area contributed by atoms with E-state index in [9.17, 15) is 14.4 Å². The SMILES string of the molecule is CCC(OC(=O)c1ccc2nc(-c3ccccc3)c(-c3ccccc3)nc2c1)C(=O)Nc1ccc(C(N)=O)cc1.